The number of nitrogens with two attached hydrogens (primary N) is 2. The van der Waals surface area contributed by atoms with Crippen LogP contribution in [0.4, 0.5) is 16.4 Å². The van der Waals surface area contributed by atoms with E-state index in [1.54, 1.807) is 48.5 Å². The second-order valence-electron chi connectivity index (χ2n) is 8.02. The summed E-state index contributed by atoms with van der Waals surface area (Å²) in [7, 11) is 0. The summed E-state index contributed by atoms with van der Waals surface area (Å²) in [6.07, 6.45) is 0. The third-order valence-electron chi connectivity index (χ3n) is 5.65. The quantitative estimate of drug-likeness (QED) is 0.234. The highest BCUT2D eigenvalue weighted by atomic mass is 32.1. The van der Waals surface area contributed by atoms with Gasteiger partial charge in [-0.1, -0.05) is 24.3 Å². The van der Waals surface area contributed by atoms with Crippen LogP contribution in [0.25, 0.3) is 21.7 Å². The van der Waals surface area contributed by atoms with E-state index in [1.807, 2.05) is 0 Å². The van der Waals surface area contributed by atoms with Gasteiger partial charge in [0.2, 0.25) is 11.8 Å². The number of carbonyl (C=O) groups is 3. The van der Waals surface area contributed by atoms with Crippen molar-refractivity contribution in [1.82, 2.24) is 4.37 Å². The first kappa shape index (κ1) is 23.6. The van der Waals surface area contributed by atoms with E-state index in [2.05, 4.69) is 19.9 Å². The maximum Gasteiger partial charge on any atom is 0.259 e. The van der Waals surface area contributed by atoms with E-state index in [4.69, 9.17) is 11.5 Å². The fourth-order valence-electron chi connectivity index (χ4n) is 3.76. The molecule has 0 bridgehead atoms. The first-order chi connectivity index (χ1) is 17.8. The first-order valence-corrected chi connectivity index (χ1v) is 11.7. The van der Waals surface area contributed by atoms with Gasteiger partial charge >= 0.3 is 0 Å². The Balaban J connectivity index is 1.54. The fourth-order valence-corrected chi connectivity index (χ4v) is 4.44. The van der Waals surface area contributed by atoms with Crippen LogP contribution in [-0.4, -0.2) is 27.2 Å². The maximum absolute atomic E-state index is 13.1. The number of primary amides is 2. The van der Waals surface area contributed by atoms with E-state index >= 15 is 0 Å². The molecule has 3 amide bonds. The number of anilines is 1. The van der Waals surface area contributed by atoms with Gasteiger partial charge in [0.15, 0.2) is 10.8 Å². The molecule has 0 atom stereocenters. The third-order valence-corrected chi connectivity index (χ3v) is 6.41. The second-order valence-corrected chi connectivity index (χ2v) is 8.77. The van der Waals surface area contributed by atoms with E-state index in [-0.39, 0.29) is 17.0 Å². The number of hydrogen-bond acceptors (Lipinski definition) is 8. The third kappa shape index (κ3) is 4.58. The number of phenolic OH excluding ortho intramolecular Hbond substituents is 1. The highest BCUT2D eigenvalue weighted by molar-refractivity contribution is 7.11. The van der Waals surface area contributed by atoms with Crippen molar-refractivity contribution < 1.29 is 19.5 Å². The van der Waals surface area contributed by atoms with Gasteiger partial charge in [-0.3, -0.25) is 14.4 Å². The number of fused-ring (bicyclic) bond motifs is 2. The van der Waals surface area contributed by atoms with E-state index in [9.17, 15) is 19.5 Å². The van der Waals surface area contributed by atoms with Crippen molar-refractivity contribution in [3.8, 4) is 5.75 Å². The number of hydrogen-bond donors (Lipinski definition) is 4. The van der Waals surface area contributed by atoms with Gasteiger partial charge < -0.3 is 21.9 Å². The zero-order valence-corrected chi connectivity index (χ0v) is 19.8. The van der Waals surface area contributed by atoms with Crippen LogP contribution < -0.4 is 16.8 Å². The molecule has 0 aliphatic heterocycles. The summed E-state index contributed by atoms with van der Waals surface area (Å²) in [6, 6.07) is 19.5. The monoisotopic (exact) mass is 510 g/mol. The van der Waals surface area contributed by atoms with E-state index < -0.39 is 17.7 Å². The highest BCUT2D eigenvalue weighted by Gasteiger charge is 2.19. The molecule has 0 saturated carbocycles. The predicted molar refractivity (Wildman–Crippen MR) is 141 cm³/mol. The lowest BCUT2D eigenvalue weighted by atomic mass is 10.0. The number of phenols is 1. The molecule has 10 nitrogen and oxygen atoms in total. The number of amides is 3. The van der Waals surface area contributed by atoms with Gasteiger partial charge in [0.1, 0.15) is 5.69 Å². The van der Waals surface area contributed by atoms with Crippen LogP contribution >= 0.6 is 11.5 Å². The molecule has 182 valence electrons. The van der Waals surface area contributed by atoms with Gasteiger partial charge in [-0.05, 0) is 65.4 Å². The van der Waals surface area contributed by atoms with Crippen molar-refractivity contribution in [2.75, 3.05) is 5.32 Å². The molecule has 6 N–H and O–H groups in total. The van der Waals surface area contributed by atoms with Crippen LogP contribution in [0, 0.1) is 0 Å². The zero-order valence-electron chi connectivity index (χ0n) is 19.0. The maximum atomic E-state index is 13.1. The average molecular weight is 511 g/mol. The largest absolute Gasteiger partial charge is 0.505 e. The number of aromatic hydroxyl groups is 1. The Morgan fingerprint density at radius 2 is 1.54 bits per heavy atom. The van der Waals surface area contributed by atoms with Crippen LogP contribution in [-0.2, 0) is 0 Å². The summed E-state index contributed by atoms with van der Waals surface area (Å²) in [5.41, 5.74) is 12.4. The average Bonchev–Trinajstić information content (AvgIpc) is 3.30. The Morgan fingerprint density at radius 1 is 0.838 bits per heavy atom. The Hall–Kier alpha value is -5.16. The van der Waals surface area contributed by atoms with Gasteiger partial charge in [-0.2, -0.15) is 4.37 Å². The summed E-state index contributed by atoms with van der Waals surface area (Å²) in [4.78, 5) is 35.9. The van der Waals surface area contributed by atoms with Crippen molar-refractivity contribution in [3.63, 3.8) is 0 Å². The van der Waals surface area contributed by atoms with Gasteiger partial charge in [0.25, 0.3) is 5.91 Å². The Kier molecular flexibility index (Phi) is 6.04. The molecule has 0 aliphatic carbocycles. The molecule has 11 heteroatoms. The minimum absolute atomic E-state index is 0.0168. The predicted octanol–water partition coefficient (Wildman–Crippen LogP) is 5.02. The van der Waals surface area contributed by atoms with E-state index in [0.717, 1.165) is 11.5 Å². The molecule has 0 radical (unpaired) electrons. The SMILES string of the molecule is NC(=O)c1ccc(NC(=O)c2cc3ccccc3c(N=Nc3snc4ccc(C(N)=O)cc34)c2O)cc1. The summed E-state index contributed by atoms with van der Waals surface area (Å²) in [5.74, 6) is -2.11. The smallest absolute Gasteiger partial charge is 0.259 e. The molecule has 5 aromatic rings. The lowest BCUT2D eigenvalue weighted by Gasteiger charge is -2.11. The number of benzene rings is 4. The Bertz CT molecular complexity index is 1740. The number of nitrogens with zero attached hydrogens (tertiary/aromatic N) is 3. The molecule has 0 fully saturated rings. The normalized spacial score (nSPS) is 11.2. The number of nitrogens with one attached hydrogen (secondary N) is 1. The summed E-state index contributed by atoms with van der Waals surface area (Å²) < 4.78 is 4.31. The van der Waals surface area contributed by atoms with Crippen LogP contribution in [0.15, 0.2) is 83.0 Å². The molecule has 0 aliphatic rings. The zero-order chi connectivity index (χ0) is 26.1. The summed E-state index contributed by atoms with van der Waals surface area (Å²) >= 11 is 1.07. The second kappa shape index (κ2) is 9.47. The number of carbonyl (C=O) groups excluding carboxylic acids is 3. The van der Waals surface area contributed by atoms with Gasteiger partial charge in [-0.15, -0.1) is 10.2 Å². The van der Waals surface area contributed by atoms with Crippen LogP contribution in [0.2, 0.25) is 0 Å². The van der Waals surface area contributed by atoms with Crippen molar-refractivity contribution >= 4 is 67.3 Å². The van der Waals surface area contributed by atoms with Crippen molar-refractivity contribution in [3.05, 3.63) is 89.5 Å². The molecule has 0 unspecified atom stereocenters. The Morgan fingerprint density at radius 3 is 2.27 bits per heavy atom. The minimum atomic E-state index is -0.584. The number of azo groups is 1. The van der Waals surface area contributed by atoms with Crippen LogP contribution in [0.1, 0.15) is 31.1 Å². The van der Waals surface area contributed by atoms with Crippen molar-refractivity contribution in [1.29, 1.82) is 0 Å². The number of rotatable bonds is 6. The molecule has 37 heavy (non-hydrogen) atoms. The molecule has 1 heterocycles. The molecule has 0 spiro atoms. The van der Waals surface area contributed by atoms with Gasteiger partial charge in [-0.25, -0.2) is 0 Å². The molecule has 4 aromatic carbocycles. The minimum Gasteiger partial charge on any atom is -0.505 e. The molecule has 0 saturated heterocycles. The fraction of sp³-hybridized carbons (Fsp3) is 0. The Labute approximate surface area is 213 Å². The molecular weight excluding hydrogens is 492 g/mol. The first-order valence-electron chi connectivity index (χ1n) is 10.9. The molecule has 5 rings (SSSR count). The van der Waals surface area contributed by atoms with Crippen molar-refractivity contribution in [2.45, 2.75) is 0 Å². The van der Waals surface area contributed by atoms with E-state index in [0.29, 0.717) is 43.5 Å². The molecular formula is C26H18N6O4S. The molecule has 1 aromatic heterocycles. The standard InChI is InChI=1S/C26H18N6O4S/c27-23(34)13-5-8-16(9-6-13)29-25(36)19-11-14-3-1-2-4-17(14)21(22(19)33)30-31-26-18-12-15(24(28)35)7-10-20(18)32-37-26/h1-12,33H,(H2,27,34)(H2,28,35)(H,29,36). The summed E-state index contributed by atoms with van der Waals surface area (Å²) in [6.45, 7) is 0. The topological polar surface area (TPSA) is 173 Å². The van der Waals surface area contributed by atoms with Crippen LogP contribution in [0.5, 0.6) is 5.75 Å². The number of aromatic nitrogens is 1. The van der Waals surface area contributed by atoms with Gasteiger partial charge in [0.05, 0.1) is 11.1 Å². The van der Waals surface area contributed by atoms with Crippen molar-refractivity contribution in [2.24, 2.45) is 21.7 Å². The lowest BCUT2D eigenvalue weighted by molar-refractivity contribution is 0.0992. The lowest BCUT2D eigenvalue weighted by Crippen LogP contribution is -2.13. The van der Waals surface area contributed by atoms with Crippen LogP contribution in [0.3, 0.4) is 0 Å². The summed E-state index contributed by atoms with van der Waals surface area (Å²) in [5, 5.41) is 24.6. The van der Waals surface area contributed by atoms with E-state index in [1.165, 1.54) is 24.3 Å². The van der Waals surface area contributed by atoms with Gasteiger partial charge in [0, 0.05) is 27.6 Å². The highest BCUT2D eigenvalue weighted by Crippen LogP contribution is 2.41.